The van der Waals surface area contributed by atoms with Crippen LogP contribution in [0.1, 0.15) is 49.6 Å². The van der Waals surface area contributed by atoms with Crippen molar-refractivity contribution in [3.8, 4) is 0 Å². The SMILES string of the molecule is CC(C)n1cccc1C(=O)N1CCCC(CCN)C1. The molecule has 1 atom stereocenters. The molecule has 1 aromatic rings. The van der Waals surface area contributed by atoms with E-state index in [2.05, 4.69) is 18.4 Å². The van der Waals surface area contributed by atoms with E-state index in [1.807, 2.05) is 23.2 Å². The van der Waals surface area contributed by atoms with Crippen LogP contribution in [0.15, 0.2) is 18.3 Å². The summed E-state index contributed by atoms with van der Waals surface area (Å²) >= 11 is 0. The van der Waals surface area contributed by atoms with Crippen molar-refractivity contribution in [3.05, 3.63) is 24.0 Å². The van der Waals surface area contributed by atoms with E-state index >= 15 is 0 Å². The highest BCUT2D eigenvalue weighted by molar-refractivity contribution is 5.92. The number of likely N-dealkylation sites (tertiary alicyclic amines) is 1. The number of nitrogens with zero attached hydrogens (tertiary/aromatic N) is 2. The Labute approximate surface area is 115 Å². The minimum absolute atomic E-state index is 0.167. The molecule has 19 heavy (non-hydrogen) atoms. The number of aromatic nitrogens is 1. The zero-order chi connectivity index (χ0) is 13.8. The van der Waals surface area contributed by atoms with Gasteiger partial charge < -0.3 is 15.2 Å². The fraction of sp³-hybridized carbons (Fsp3) is 0.667. The highest BCUT2D eigenvalue weighted by atomic mass is 16.2. The molecule has 1 unspecified atom stereocenters. The monoisotopic (exact) mass is 263 g/mol. The number of hydrogen-bond donors (Lipinski definition) is 1. The summed E-state index contributed by atoms with van der Waals surface area (Å²) in [5.74, 6) is 0.741. The molecule has 0 radical (unpaired) electrons. The maximum absolute atomic E-state index is 12.6. The fourth-order valence-corrected chi connectivity index (χ4v) is 2.91. The van der Waals surface area contributed by atoms with Crippen LogP contribution >= 0.6 is 0 Å². The number of amides is 1. The van der Waals surface area contributed by atoms with Gasteiger partial charge in [-0.15, -0.1) is 0 Å². The lowest BCUT2D eigenvalue weighted by atomic mass is 9.94. The average molecular weight is 263 g/mol. The fourth-order valence-electron chi connectivity index (χ4n) is 2.91. The van der Waals surface area contributed by atoms with E-state index in [-0.39, 0.29) is 5.91 Å². The normalized spacial score (nSPS) is 20.0. The van der Waals surface area contributed by atoms with Crippen LogP contribution in [0.5, 0.6) is 0 Å². The van der Waals surface area contributed by atoms with Crippen LogP contribution in [-0.4, -0.2) is 35.0 Å². The Morgan fingerprint density at radius 2 is 2.32 bits per heavy atom. The van der Waals surface area contributed by atoms with Crippen molar-refractivity contribution in [2.75, 3.05) is 19.6 Å². The highest BCUT2D eigenvalue weighted by Crippen LogP contribution is 2.22. The molecule has 1 aliphatic heterocycles. The Bertz CT molecular complexity index is 423. The quantitative estimate of drug-likeness (QED) is 0.906. The number of nitrogens with two attached hydrogens (primary N) is 1. The third kappa shape index (κ3) is 3.18. The minimum Gasteiger partial charge on any atom is -0.341 e. The van der Waals surface area contributed by atoms with Crippen molar-refractivity contribution in [2.45, 2.75) is 39.2 Å². The molecule has 1 aliphatic rings. The van der Waals surface area contributed by atoms with Gasteiger partial charge in [0, 0.05) is 25.3 Å². The predicted octanol–water partition coefficient (Wildman–Crippen LogP) is 2.27. The van der Waals surface area contributed by atoms with E-state index in [1.54, 1.807) is 0 Å². The van der Waals surface area contributed by atoms with Crippen LogP contribution in [0.3, 0.4) is 0 Å². The van der Waals surface area contributed by atoms with Crippen molar-refractivity contribution >= 4 is 5.91 Å². The lowest BCUT2D eigenvalue weighted by molar-refractivity contribution is 0.0657. The van der Waals surface area contributed by atoms with E-state index in [0.29, 0.717) is 12.0 Å². The van der Waals surface area contributed by atoms with Crippen molar-refractivity contribution in [1.29, 1.82) is 0 Å². The van der Waals surface area contributed by atoms with Gasteiger partial charge in [0.1, 0.15) is 5.69 Å². The molecule has 1 fully saturated rings. The van der Waals surface area contributed by atoms with E-state index in [0.717, 1.165) is 38.2 Å². The molecule has 0 aliphatic carbocycles. The summed E-state index contributed by atoms with van der Waals surface area (Å²) in [4.78, 5) is 14.6. The summed E-state index contributed by atoms with van der Waals surface area (Å²) in [6.07, 6.45) is 5.30. The standard InChI is InChI=1S/C15H25N3O/c1-12(2)18-10-4-6-14(18)15(19)17-9-3-5-13(11-17)7-8-16/h4,6,10,12-13H,3,5,7-9,11,16H2,1-2H3. The summed E-state index contributed by atoms with van der Waals surface area (Å²) in [5.41, 5.74) is 6.44. The Morgan fingerprint density at radius 3 is 3.00 bits per heavy atom. The molecule has 2 rings (SSSR count). The molecule has 0 spiro atoms. The Hall–Kier alpha value is -1.29. The molecular weight excluding hydrogens is 238 g/mol. The highest BCUT2D eigenvalue weighted by Gasteiger charge is 2.25. The van der Waals surface area contributed by atoms with Crippen molar-refractivity contribution in [3.63, 3.8) is 0 Å². The molecule has 0 aromatic carbocycles. The number of rotatable bonds is 4. The van der Waals surface area contributed by atoms with E-state index in [9.17, 15) is 4.79 Å². The first kappa shape index (κ1) is 14.1. The summed E-state index contributed by atoms with van der Waals surface area (Å²) in [5, 5.41) is 0. The van der Waals surface area contributed by atoms with Crippen LogP contribution in [0, 0.1) is 5.92 Å². The van der Waals surface area contributed by atoms with Crippen molar-refractivity contribution in [2.24, 2.45) is 11.7 Å². The molecule has 1 aromatic heterocycles. The van der Waals surface area contributed by atoms with Gasteiger partial charge in [-0.05, 0) is 57.7 Å². The lowest BCUT2D eigenvalue weighted by Crippen LogP contribution is -2.41. The van der Waals surface area contributed by atoms with E-state index < -0.39 is 0 Å². The molecule has 0 bridgehead atoms. The van der Waals surface area contributed by atoms with Crippen LogP contribution < -0.4 is 5.73 Å². The number of carbonyl (C=O) groups excluding carboxylic acids is 1. The molecular formula is C15H25N3O. The molecule has 2 N–H and O–H groups in total. The number of carbonyl (C=O) groups is 1. The van der Waals surface area contributed by atoms with Gasteiger partial charge in [0.25, 0.3) is 5.91 Å². The second-order valence-electron chi connectivity index (χ2n) is 5.73. The summed E-state index contributed by atoms with van der Waals surface area (Å²) in [6, 6.07) is 4.20. The first-order chi connectivity index (χ1) is 9.13. The smallest absolute Gasteiger partial charge is 0.270 e. The average Bonchev–Trinajstić information content (AvgIpc) is 2.88. The summed E-state index contributed by atoms with van der Waals surface area (Å²) < 4.78 is 2.05. The van der Waals surface area contributed by atoms with Gasteiger partial charge in [-0.1, -0.05) is 0 Å². The zero-order valence-electron chi connectivity index (χ0n) is 12.0. The van der Waals surface area contributed by atoms with Gasteiger partial charge in [0.05, 0.1) is 0 Å². The Balaban J connectivity index is 2.08. The van der Waals surface area contributed by atoms with Crippen LogP contribution in [0.25, 0.3) is 0 Å². The lowest BCUT2D eigenvalue weighted by Gasteiger charge is -2.33. The third-order valence-electron chi connectivity index (χ3n) is 3.94. The van der Waals surface area contributed by atoms with Crippen molar-refractivity contribution < 1.29 is 4.79 Å². The Kier molecular flexibility index (Phi) is 4.64. The molecule has 1 saturated heterocycles. The van der Waals surface area contributed by atoms with Gasteiger partial charge in [-0.2, -0.15) is 0 Å². The molecule has 4 heteroatoms. The van der Waals surface area contributed by atoms with Gasteiger partial charge in [-0.3, -0.25) is 4.79 Å². The molecule has 2 heterocycles. The number of hydrogen-bond acceptors (Lipinski definition) is 2. The second-order valence-corrected chi connectivity index (χ2v) is 5.73. The topological polar surface area (TPSA) is 51.3 Å². The molecule has 0 saturated carbocycles. The second kappa shape index (κ2) is 6.24. The number of piperidine rings is 1. The van der Waals surface area contributed by atoms with Crippen LogP contribution in [0.4, 0.5) is 0 Å². The first-order valence-corrected chi connectivity index (χ1v) is 7.29. The summed E-state index contributed by atoms with van der Waals surface area (Å²) in [6.45, 7) is 6.66. The maximum atomic E-state index is 12.6. The van der Waals surface area contributed by atoms with Crippen molar-refractivity contribution in [1.82, 2.24) is 9.47 Å². The molecule has 106 valence electrons. The third-order valence-corrected chi connectivity index (χ3v) is 3.94. The van der Waals surface area contributed by atoms with E-state index in [1.165, 1.54) is 6.42 Å². The van der Waals surface area contributed by atoms with Gasteiger partial charge in [0.2, 0.25) is 0 Å². The summed E-state index contributed by atoms with van der Waals surface area (Å²) in [7, 11) is 0. The largest absolute Gasteiger partial charge is 0.341 e. The first-order valence-electron chi connectivity index (χ1n) is 7.29. The predicted molar refractivity (Wildman–Crippen MR) is 77.1 cm³/mol. The van der Waals surface area contributed by atoms with Gasteiger partial charge in [0.15, 0.2) is 0 Å². The molecule has 1 amide bonds. The van der Waals surface area contributed by atoms with Crippen LogP contribution in [0.2, 0.25) is 0 Å². The zero-order valence-corrected chi connectivity index (χ0v) is 12.0. The minimum atomic E-state index is 0.167. The van der Waals surface area contributed by atoms with Crippen LogP contribution in [-0.2, 0) is 0 Å². The van der Waals surface area contributed by atoms with E-state index in [4.69, 9.17) is 5.73 Å². The Morgan fingerprint density at radius 1 is 1.53 bits per heavy atom. The maximum Gasteiger partial charge on any atom is 0.270 e. The molecule has 4 nitrogen and oxygen atoms in total. The van der Waals surface area contributed by atoms with Gasteiger partial charge in [-0.25, -0.2) is 0 Å². The van der Waals surface area contributed by atoms with Gasteiger partial charge >= 0.3 is 0 Å².